The van der Waals surface area contributed by atoms with E-state index in [9.17, 15) is 4.39 Å². The summed E-state index contributed by atoms with van der Waals surface area (Å²) < 4.78 is 18.9. The maximum absolute atomic E-state index is 13.1. The molecule has 1 aromatic rings. The van der Waals surface area contributed by atoms with Crippen LogP contribution in [0.2, 0.25) is 0 Å². The van der Waals surface area contributed by atoms with Gasteiger partial charge in [0.05, 0.1) is 12.2 Å². The Kier molecular flexibility index (Phi) is 2.45. The highest BCUT2D eigenvalue weighted by Crippen LogP contribution is 2.43. The molecule has 4 atom stereocenters. The summed E-state index contributed by atoms with van der Waals surface area (Å²) in [6.07, 6.45) is 4.00. The van der Waals surface area contributed by atoms with E-state index >= 15 is 0 Å². The normalized spacial score (nSPS) is 34.2. The minimum atomic E-state index is -0.211. The summed E-state index contributed by atoms with van der Waals surface area (Å²) in [5.41, 5.74) is 7.10. The van der Waals surface area contributed by atoms with E-state index in [0.717, 1.165) is 24.8 Å². The lowest BCUT2D eigenvalue weighted by atomic mass is 9.81. The van der Waals surface area contributed by atoms with Crippen molar-refractivity contribution in [2.24, 2.45) is 11.7 Å². The third kappa shape index (κ3) is 1.64. The largest absolute Gasteiger partial charge is 0.375 e. The molecule has 2 saturated heterocycles. The van der Waals surface area contributed by atoms with Gasteiger partial charge in [-0.3, -0.25) is 0 Å². The molecule has 0 spiro atoms. The number of benzene rings is 1. The molecular weight excluding hydrogens is 205 g/mol. The number of fused-ring (bicyclic) bond motifs is 2. The molecule has 3 heteroatoms. The van der Waals surface area contributed by atoms with Gasteiger partial charge in [0.2, 0.25) is 0 Å². The van der Waals surface area contributed by atoms with E-state index in [1.54, 1.807) is 6.07 Å². The summed E-state index contributed by atoms with van der Waals surface area (Å²) in [5, 5.41) is 0. The summed E-state index contributed by atoms with van der Waals surface area (Å²) in [5.74, 6) is 0.151. The van der Waals surface area contributed by atoms with Gasteiger partial charge in [-0.15, -0.1) is 0 Å². The van der Waals surface area contributed by atoms with E-state index < -0.39 is 0 Å². The van der Waals surface area contributed by atoms with Gasteiger partial charge in [0.25, 0.3) is 0 Å². The second-order valence-corrected chi connectivity index (χ2v) is 4.85. The Labute approximate surface area is 94.6 Å². The molecular formula is C13H16FNO. The minimum absolute atomic E-state index is 0.0917. The average molecular weight is 221 g/mol. The first-order valence-electron chi connectivity index (χ1n) is 5.90. The summed E-state index contributed by atoms with van der Waals surface area (Å²) in [6.45, 7) is 0. The Bertz CT molecular complexity index is 395. The lowest BCUT2D eigenvalue weighted by Gasteiger charge is -2.25. The van der Waals surface area contributed by atoms with Crippen molar-refractivity contribution >= 4 is 0 Å². The molecule has 2 nitrogen and oxygen atoms in total. The van der Waals surface area contributed by atoms with Crippen LogP contribution in [-0.2, 0) is 4.74 Å². The van der Waals surface area contributed by atoms with Crippen LogP contribution in [0.1, 0.15) is 30.9 Å². The van der Waals surface area contributed by atoms with Gasteiger partial charge in [0.15, 0.2) is 0 Å². The first-order chi connectivity index (χ1) is 7.74. The highest BCUT2D eigenvalue weighted by molar-refractivity contribution is 5.21. The Morgan fingerprint density at radius 3 is 2.88 bits per heavy atom. The topological polar surface area (TPSA) is 35.2 Å². The van der Waals surface area contributed by atoms with Gasteiger partial charge in [0, 0.05) is 12.0 Å². The van der Waals surface area contributed by atoms with Gasteiger partial charge in [-0.2, -0.15) is 0 Å². The van der Waals surface area contributed by atoms with Crippen LogP contribution in [0.5, 0.6) is 0 Å². The molecule has 2 aliphatic heterocycles. The highest BCUT2D eigenvalue weighted by atomic mass is 19.1. The van der Waals surface area contributed by atoms with Crippen LogP contribution in [0.15, 0.2) is 24.3 Å². The number of rotatable bonds is 2. The van der Waals surface area contributed by atoms with E-state index in [4.69, 9.17) is 10.5 Å². The molecule has 86 valence electrons. The molecule has 2 heterocycles. The number of hydrogen-bond acceptors (Lipinski definition) is 2. The van der Waals surface area contributed by atoms with E-state index in [-0.39, 0.29) is 11.9 Å². The Hall–Kier alpha value is -0.930. The van der Waals surface area contributed by atoms with Crippen molar-refractivity contribution in [2.75, 3.05) is 0 Å². The van der Waals surface area contributed by atoms with Gasteiger partial charge >= 0.3 is 0 Å². The number of nitrogens with two attached hydrogens (primary N) is 1. The van der Waals surface area contributed by atoms with Crippen molar-refractivity contribution in [2.45, 2.75) is 37.5 Å². The monoisotopic (exact) mass is 221 g/mol. The second kappa shape index (κ2) is 3.82. The van der Waals surface area contributed by atoms with Crippen LogP contribution in [0.25, 0.3) is 0 Å². The molecule has 2 N–H and O–H groups in total. The van der Waals surface area contributed by atoms with Crippen LogP contribution in [0.4, 0.5) is 4.39 Å². The van der Waals surface area contributed by atoms with Crippen molar-refractivity contribution in [1.82, 2.24) is 0 Å². The van der Waals surface area contributed by atoms with Crippen molar-refractivity contribution in [3.63, 3.8) is 0 Å². The highest BCUT2D eigenvalue weighted by Gasteiger charge is 2.43. The smallest absolute Gasteiger partial charge is 0.123 e. The first-order valence-corrected chi connectivity index (χ1v) is 5.90. The van der Waals surface area contributed by atoms with E-state index in [2.05, 4.69) is 0 Å². The van der Waals surface area contributed by atoms with Crippen LogP contribution in [-0.4, -0.2) is 12.2 Å². The van der Waals surface area contributed by atoms with Crippen LogP contribution >= 0.6 is 0 Å². The number of halogens is 1. The van der Waals surface area contributed by atoms with Gasteiger partial charge in [-0.25, -0.2) is 4.39 Å². The molecule has 2 fully saturated rings. The maximum atomic E-state index is 13.1. The predicted molar refractivity (Wildman–Crippen MR) is 59.3 cm³/mol. The summed E-state index contributed by atoms with van der Waals surface area (Å²) >= 11 is 0. The van der Waals surface area contributed by atoms with Crippen LogP contribution in [0, 0.1) is 11.7 Å². The van der Waals surface area contributed by atoms with Crippen LogP contribution in [0.3, 0.4) is 0 Å². The summed E-state index contributed by atoms with van der Waals surface area (Å²) in [4.78, 5) is 0. The molecule has 2 bridgehead atoms. The lowest BCUT2D eigenvalue weighted by Crippen LogP contribution is -2.29. The van der Waals surface area contributed by atoms with Crippen molar-refractivity contribution in [3.8, 4) is 0 Å². The van der Waals surface area contributed by atoms with Gasteiger partial charge in [0.1, 0.15) is 5.82 Å². The molecule has 2 aliphatic rings. The quantitative estimate of drug-likeness (QED) is 0.832. The predicted octanol–water partition coefficient (Wildman–Crippen LogP) is 2.39. The average Bonchev–Trinajstić information content (AvgIpc) is 2.89. The standard InChI is InChI=1S/C13H16FNO/c14-9-3-1-2-8(6-9)13(15)11-7-10-4-5-12(11)16-10/h1-3,6,10-13H,4-5,7,15H2. The third-order valence-electron chi connectivity index (χ3n) is 3.85. The molecule has 0 aliphatic carbocycles. The molecule has 3 rings (SSSR count). The van der Waals surface area contributed by atoms with Crippen molar-refractivity contribution in [3.05, 3.63) is 35.6 Å². The van der Waals surface area contributed by atoms with Gasteiger partial charge in [-0.1, -0.05) is 12.1 Å². The third-order valence-corrected chi connectivity index (χ3v) is 3.85. The maximum Gasteiger partial charge on any atom is 0.123 e. The second-order valence-electron chi connectivity index (χ2n) is 4.85. The zero-order chi connectivity index (χ0) is 11.1. The van der Waals surface area contributed by atoms with Crippen LogP contribution < -0.4 is 5.73 Å². The molecule has 16 heavy (non-hydrogen) atoms. The van der Waals surface area contributed by atoms with E-state index in [0.29, 0.717) is 18.1 Å². The lowest BCUT2D eigenvalue weighted by molar-refractivity contribution is 0.0884. The Balaban J connectivity index is 1.80. The fourth-order valence-corrected chi connectivity index (χ4v) is 3.02. The first kappa shape index (κ1) is 10.2. The molecule has 4 unspecified atom stereocenters. The minimum Gasteiger partial charge on any atom is -0.375 e. The number of ether oxygens (including phenoxy) is 1. The zero-order valence-corrected chi connectivity index (χ0v) is 9.10. The molecule has 0 radical (unpaired) electrons. The molecule has 1 aromatic carbocycles. The van der Waals surface area contributed by atoms with Crippen molar-refractivity contribution < 1.29 is 9.13 Å². The molecule has 0 saturated carbocycles. The van der Waals surface area contributed by atoms with Crippen molar-refractivity contribution in [1.29, 1.82) is 0 Å². The van der Waals surface area contributed by atoms with E-state index in [1.165, 1.54) is 12.1 Å². The summed E-state index contributed by atoms with van der Waals surface area (Å²) in [7, 11) is 0. The molecule has 0 amide bonds. The Morgan fingerprint density at radius 2 is 2.25 bits per heavy atom. The number of hydrogen-bond donors (Lipinski definition) is 1. The van der Waals surface area contributed by atoms with Gasteiger partial charge in [-0.05, 0) is 37.0 Å². The zero-order valence-electron chi connectivity index (χ0n) is 9.10. The fourth-order valence-electron chi connectivity index (χ4n) is 3.02. The van der Waals surface area contributed by atoms with Gasteiger partial charge < -0.3 is 10.5 Å². The fraction of sp³-hybridized carbons (Fsp3) is 0.538. The Morgan fingerprint density at radius 1 is 1.38 bits per heavy atom. The molecule has 0 aromatic heterocycles. The van der Waals surface area contributed by atoms with E-state index in [1.807, 2.05) is 6.07 Å². The summed E-state index contributed by atoms with van der Waals surface area (Å²) in [6, 6.07) is 6.52. The SMILES string of the molecule is NC(c1cccc(F)c1)C1CC2CCC1O2.